The number of amides is 4. The monoisotopic (exact) mass is 752 g/mol. The van der Waals surface area contributed by atoms with E-state index in [1.165, 1.54) is 4.90 Å². The molecule has 3 rings (SSSR count). The Labute approximate surface area is 316 Å². The fourth-order valence-electron chi connectivity index (χ4n) is 5.54. The summed E-state index contributed by atoms with van der Waals surface area (Å²) in [5, 5.41) is 15.0. The zero-order valence-corrected chi connectivity index (χ0v) is 32.0. The maximum Gasteiger partial charge on any atom is 0.410 e. The molecule has 0 aliphatic heterocycles. The molecule has 0 bridgehead atoms. The smallest absolute Gasteiger partial charge is 0.410 e. The zero-order valence-electron chi connectivity index (χ0n) is 31.3. The summed E-state index contributed by atoms with van der Waals surface area (Å²) in [7, 11) is 0. The van der Waals surface area contributed by atoms with Gasteiger partial charge in [0.15, 0.2) is 22.5 Å². The number of halogens is 1. The number of nitrogens with two attached hydrogens (primary N) is 2. The highest BCUT2D eigenvalue weighted by atomic mass is 35.5. The van der Waals surface area contributed by atoms with Gasteiger partial charge in [-0.25, -0.2) is 19.6 Å². The first-order valence-electron chi connectivity index (χ1n) is 17.8. The van der Waals surface area contributed by atoms with Crippen molar-refractivity contribution in [2.24, 2.45) is 5.92 Å². The Bertz CT molecular complexity index is 1700. The predicted octanol–water partition coefficient (Wildman–Crippen LogP) is 5.92. The van der Waals surface area contributed by atoms with Gasteiger partial charge in [-0.2, -0.15) is 0 Å². The van der Waals surface area contributed by atoms with E-state index in [1.54, 1.807) is 49.9 Å². The average molecular weight is 753 g/mol. The van der Waals surface area contributed by atoms with Gasteiger partial charge >= 0.3 is 12.2 Å². The molecule has 1 aromatic heterocycles. The highest BCUT2D eigenvalue weighted by Crippen LogP contribution is 2.21. The van der Waals surface area contributed by atoms with Crippen LogP contribution in [0.4, 0.5) is 21.2 Å². The first kappa shape index (κ1) is 42.3. The van der Waals surface area contributed by atoms with E-state index in [4.69, 9.17) is 27.8 Å². The van der Waals surface area contributed by atoms with Crippen LogP contribution in [0.2, 0.25) is 5.15 Å². The molecule has 0 saturated heterocycles. The van der Waals surface area contributed by atoms with Gasteiger partial charge < -0.3 is 41.7 Å². The van der Waals surface area contributed by atoms with E-state index >= 15 is 0 Å². The van der Waals surface area contributed by atoms with Gasteiger partial charge in [0.1, 0.15) is 5.60 Å². The van der Waals surface area contributed by atoms with Crippen molar-refractivity contribution in [3.05, 3.63) is 81.6 Å². The Hall–Kier alpha value is -5.11. The van der Waals surface area contributed by atoms with Crippen molar-refractivity contribution in [2.45, 2.75) is 78.9 Å². The van der Waals surface area contributed by atoms with Gasteiger partial charge in [-0.15, -0.1) is 0 Å². The summed E-state index contributed by atoms with van der Waals surface area (Å²) in [5.41, 5.74) is 13.9. The van der Waals surface area contributed by atoms with Crippen LogP contribution in [0.15, 0.2) is 48.5 Å². The molecule has 3 aromatic rings. The molecule has 2 aromatic carbocycles. The fourth-order valence-corrected chi connectivity index (χ4v) is 5.67. The lowest BCUT2D eigenvalue weighted by Crippen LogP contribution is -2.42. The van der Waals surface area contributed by atoms with Crippen molar-refractivity contribution < 1.29 is 29.0 Å². The van der Waals surface area contributed by atoms with Gasteiger partial charge in [-0.3, -0.25) is 9.59 Å². The minimum atomic E-state index is -1.01. The normalized spacial score (nSPS) is 11.7. The number of nitrogens with one attached hydrogen (secondary N) is 2. The molecule has 1 atom stereocenters. The molecule has 0 spiro atoms. The van der Waals surface area contributed by atoms with Gasteiger partial charge in [0.05, 0.1) is 0 Å². The second-order valence-electron chi connectivity index (χ2n) is 14.0. The van der Waals surface area contributed by atoms with Crippen molar-refractivity contribution in [3.8, 4) is 0 Å². The summed E-state index contributed by atoms with van der Waals surface area (Å²) in [6.45, 7) is 10.7. The minimum absolute atomic E-state index is 0.0876. The van der Waals surface area contributed by atoms with E-state index in [0.29, 0.717) is 18.5 Å². The molecule has 0 aliphatic rings. The molecule has 288 valence electrons. The second kappa shape index (κ2) is 20.2. The molecule has 1 unspecified atom stereocenters. The molecule has 0 aliphatic carbocycles. The molecular formula is C38H53ClN8O6. The van der Waals surface area contributed by atoms with Gasteiger partial charge in [-0.05, 0) is 75.3 Å². The van der Waals surface area contributed by atoms with E-state index in [0.717, 1.165) is 42.4 Å². The molecule has 14 nitrogen and oxygen atoms in total. The summed E-state index contributed by atoms with van der Waals surface area (Å²) in [6, 6.07) is 14.7. The number of carbonyl (C=O) groups excluding carboxylic acids is 3. The maximum atomic E-state index is 13.6. The Balaban J connectivity index is 1.76. The number of rotatable bonds is 18. The third-order valence-corrected chi connectivity index (χ3v) is 8.66. The highest BCUT2D eigenvalue weighted by Gasteiger charge is 2.27. The Morgan fingerprint density at radius 1 is 0.906 bits per heavy atom. The number of unbranched alkanes of at least 4 members (excludes halogenated alkanes) is 3. The lowest BCUT2D eigenvalue weighted by atomic mass is 9.95. The van der Waals surface area contributed by atoms with Crippen LogP contribution in [0.3, 0.4) is 0 Å². The molecule has 0 saturated carbocycles. The summed E-state index contributed by atoms with van der Waals surface area (Å²) >= 11 is 6.01. The SMILES string of the molecule is CCCCCCN(CCNC(=O)c1ccc(CN(CC(CNC(=O)c2nc(Cl)c(N)nc2N)Cc2ccccc2C)C(=O)OC(C)(C)C)cc1)C(=O)O. The Kier molecular flexibility index (Phi) is 16.1. The number of hydrogen-bond donors (Lipinski definition) is 5. The number of benzene rings is 2. The number of anilines is 2. The maximum absolute atomic E-state index is 13.6. The van der Waals surface area contributed by atoms with Crippen molar-refractivity contribution in [2.75, 3.05) is 44.2 Å². The molecule has 0 fully saturated rings. The molecule has 4 amide bonds. The molecular weight excluding hydrogens is 700 g/mol. The van der Waals surface area contributed by atoms with Crippen molar-refractivity contribution in [1.82, 2.24) is 30.4 Å². The van der Waals surface area contributed by atoms with E-state index < -0.39 is 23.7 Å². The number of ether oxygens (including phenoxy) is 1. The average Bonchev–Trinajstić information content (AvgIpc) is 3.09. The van der Waals surface area contributed by atoms with Crippen LogP contribution in [-0.2, 0) is 17.7 Å². The lowest BCUT2D eigenvalue weighted by molar-refractivity contribution is 0.0202. The molecule has 0 radical (unpaired) electrons. The quantitative estimate of drug-likeness (QED) is 0.0970. The van der Waals surface area contributed by atoms with Crippen LogP contribution in [0, 0.1) is 12.8 Å². The number of nitrogens with zero attached hydrogens (tertiary/aromatic N) is 4. The first-order valence-corrected chi connectivity index (χ1v) is 18.2. The first-order chi connectivity index (χ1) is 25.1. The van der Waals surface area contributed by atoms with Crippen molar-refractivity contribution >= 4 is 47.2 Å². The summed E-state index contributed by atoms with van der Waals surface area (Å²) in [6.07, 6.45) is 2.81. The predicted molar refractivity (Wildman–Crippen MR) is 206 cm³/mol. The van der Waals surface area contributed by atoms with Crippen LogP contribution in [0.5, 0.6) is 0 Å². The van der Waals surface area contributed by atoms with Crippen LogP contribution in [-0.4, -0.2) is 87.2 Å². The molecule has 15 heteroatoms. The Morgan fingerprint density at radius 3 is 2.25 bits per heavy atom. The third kappa shape index (κ3) is 14.1. The molecule has 7 N–H and O–H groups in total. The Morgan fingerprint density at radius 2 is 1.60 bits per heavy atom. The van der Waals surface area contributed by atoms with Crippen LogP contribution < -0.4 is 22.1 Å². The number of carboxylic acid groups (broad SMARTS) is 1. The van der Waals surface area contributed by atoms with E-state index in [9.17, 15) is 24.3 Å². The van der Waals surface area contributed by atoms with Crippen molar-refractivity contribution in [3.63, 3.8) is 0 Å². The van der Waals surface area contributed by atoms with Gasteiger partial charge in [0.25, 0.3) is 11.8 Å². The third-order valence-electron chi connectivity index (χ3n) is 8.38. The lowest BCUT2D eigenvalue weighted by Gasteiger charge is -2.31. The number of aromatic nitrogens is 2. The highest BCUT2D eigenvalue weighted by molar-refractivity contribution is 6.31. The van der Waals surface area contributed by atoms with Crippen molar-refractivity contribution in [1.29, 1.82) is 0 Å². The topological polar surface area (TPSA) is 206 Å². The summed E-state index contributed by atoms with van der Waals surface area (Å²) in [4.78, 5) is 62.1. The minimum Gasteiger partial charge on any atom is -0.465 e. The standard InChI is InChI=1S/C38H53ClN8O6/c1-6-7-8-11-19-46(36(50)51)20-18-42-34(48)28-16-14-26(15-17-28)23-47(37(52)53-38(3,4)5)24-27(21-29-13-10-9-12-25(29)2)22-43-35(49)30-32(40)45-33(41)31(39)44-30/h9-10,12-17,27H,6-8,11,18-24H2,1-5H3,(H,42,48)(H,43,49)(H,50,51)(H4,40,41,45). The van der Waals surface area contributed by atoms with Crippen LogP contribution in [0.1, 0.15) is 90.9 Å². The van der Waals surface area contributed by atoms with E-state index in [1.807, 2.05) is 31.2 Å². The molecule has 53 heavy (non-hydrogen) atoms. The van der Waals surface area contributed by atoms with E-state index in [-0.39, 0.29) is 67.0 Å². The largest absolute Gasteiger partial charge is 0.465 e. The van der Waals surface area contributed by atoms with Gasteiger partial charge in [-0.1, -0.05) is 74.2 Å². The summed E-state index contributed by atoms with van der Waals surface area (Å²) < 4.78 is 5.79. The zero-order chi connectivity index (χ0) is 39.1. The number of hydrogen-bond acceptors (Lipinski definition) is 9. The van der Waals surface area contributed by atoms with E-state index in [2.05, 4.69) is 27.5 Å². The number of carbonyl (C=O) groups is 4. The molecule has 1 heterocycles. The number of aryl methyl sites for hydroxylation is 1. The van der Waals surface area contributed by atoms with Crippen LogP contribution >= 0.6 is 11.6 Å². The number of nitrogen functional groups attached to an aromatic ring is 2. The summed E-state index contributed by atoms with van der Waals surface area (Å²) in [5.74, 6) is -1.46. The van der Waals surface area contributed by atoms with Crippen LogP contribution in [0.25, 0.3) is 0 Å². The fraction of sp³-hybridized carbons (Fsp3) is 0.474. The van der Waals surface area contributed by atoms with Gasteiger partial charge in [0, 0.05) is 44.8 Å². The van der Waals surface area contributed by atoms with Gasteiger partial charge in [0.2, 0.25) is 0 Å². The second-order valence-corrected chi connectivity index (χ2v) is 14.3.